The molecular weight excluding hydrogens is 325 g/mol. The van der Waals surface area contributed by atoms with Crippen molar-refractivity contribution in [3.63, 3.8) is 0 Å². The lowest BCUT2D eigenvalue weighted by Gasteiger charge is -2.14. The number of aromatic amines is 1. The molecule has 2 aromatic rings. The first-order chi connectivity index (χ1) is 9.83. The van der Waals surface area contributed by atoms with E-state index in [0.717, 1.165) is 0 Å². The van der Waals surface area contributed by atoms with Gasteiger partial charge in [-0.1, -0.05) is 11.6 Å². The van der Waals surface area contributed by atoms with Crippen LogP contribution in [0.1, 0.15) is 6.42 Å². The number of hydrogen-bond acceptors (Lipinski definition) is 6. The van der Waals surface area contributed by atoms with Crippen molar-refractivity contribution >= 4 is 44.8 Å². The Bertz CT molecular complexity index is 823. The topological polar surface area (TPSA) is 109 Å². The lowest BCUT2D eigenvalue weighted by molar-refractivity contribution is -0.117. The fraction of sp³-hybridized carbons (Fsp3) is 0.400. The summed E-state index contributed by atoms with van der Waals surface area (Å²) in [4.78, 5) is 27.9. The Kier molecular flexibility index (Phi) is 3.29. The number of carbonyl (C=O) groups is 1. The fourth-order valence-electron chi connectivity index (χ4n) is 2.28. The van der Waals surface area contributed by atoms with Crippen molar-refractivity contribution in [3.05, 3.63) is 11.5 Å². The highest BCUT2D eigenvalue weighted by molar-refractivity contribution is 7.86. The number of H-pyrrole nitrogens is 1. The molecule has 1 saturated heterocycles. The van der Waals surface area contributed by atoms with Gasteiger partial charge >= 0.3 is 10.2 Å². The number of amides is 1. The minimum absolute atomic E-state index is 0.0221. The van der Waals surface area contributed by atoms with Crippen molar-refractivity contribution in [2.45, 2.75) is 6.42 Å². The lowest BCUT2D eigenvalue weighted by Crippen LogP contribution is -2.27. The molecule has 2 aromatic heterocycles. The summed E-state index contributed by atoms with van der Waals surface area (Å²) in [5, 5.41) is 0.0989. The number of halogens is 2. The van der Waals surface area contributed by atoms with Gasteiger partial charge in [0, 0.05) is 18.9 Å². The second-order valence-electron chi connectivity index (χ2n) is 4.70. The van der Waals surface area contributed by atoms with Gasteiger partial charge in [0.1, 0.15) is 5.52 Å². The molecule has 0 saturated carbocycles. The zero-order valence-corrected chi connectivity index (χ0v) is 12.0. The quantitative estimate of drug-likeness (QED) is 0.652. The Morgan fingerprint density at radius 3 is 2.95 bits per heavy atom. The summed E-state index contributed by atoms with van der Waals surface area (Å²) in [6, 6.07) is 0. The summed E-state index contributed by atoms with van der Waals surface area (Å²) >= 11 is 5.96. The molecule has 1 atom stereocenters. The zero-order chi connectivity index (χ0) is 15.2. The number of rotatable bonds is 3. The standard InChI is InChI=1S/C10H9ClFN5O3S/c11-8-7-9(14-4-13-7)16-10(15-8)17-2-5(1-6(17)18)3-21(12,19)20/h4-5H,1-3H2,(H,13,14,15,16). The molecule has 0 radical (unpaired) electrons. The van der Waals surface area contributed by atoms with Crippen LogP contribution < -0.4 is 4.90 Å². The van der Waals surface area contributed by atoms with E-state index in [2.05, 4.69) is 19.9 Å². The molecule has 3 rings (SSSR count). The summed E-state index contributed by atoms with van der Waals surface area (Å²) < 4.78 is 34.0. The number of hydrogen-bond donors (Lipinski definition) is 1. The first kappa shape index (κ1) is 14.1. The molecule has 112 valence electrons. The van der Waals surface area contributed by atoms with E-state index in [0.29, 0.717) is 11.2 Å². The molecule has 0 spiro atoms. The molecule has 0 bridgehead atoms. The molecule has 11 heteroatoms. The molecule has 1 N–H and O–H groups in total. The molecule has 0 aliphatic carbocycles. The third kappa shape index (κ3) is 2.81. The van der Waals surface area contributed by atoms with Crippen molar-refractivity contribution in [3.8, 4) is 0 Å². The molecule has 1 unspecified atom stereocenters. The third-order valence-corrected chi connectivity index (χ3v) is 4.25. The molecule has 0 aromatic carbocycles. The summed E-state index contributed by atoms with van der Waals surface area (Å²) in [5.41, 5.74) is 0.731. The number of fused-ring (bicyclic) bond motifs is 1. The molecule has 8 nitrogen and oxygen atoms in total. The Hall–Kier alpha value is -1.81. The van der Waals surface area contributed by atoms with Gasteiger partial charge in [-0.2, -0.15) is 18.4 Å². The SMILES string of the molecule is O=C1CC(CS(=O)(=O)F)CN1c1nc(Cl)c2[nH]cnc2n1. The molecular formula is C10H9ClFN5O3S. The summed E-state index contributed by atoms with van der Waals surface area (Å²) in [5.74, 6) is -1.68. The molecule has 1 amide bonds. The van der Waals surface area contributed by atoms with Crippen LogP contribution in [0.15, 0.2) is 6.33 Å². The zero-order valence-electron chi connectivity index (χ0n) is 10.5. The average molecular weight is 334 g/mol. The average Bonchev–Trinajstić information content (AvgIpc) is 2.93. The van der Waals surface area contributed by atoms with E-state index < -0.39 is 21.9 Å². The lowest BCUT2D eigenvalue weighted by atomic mass is 10.1. The van der Waals surface area contributed by atoms with Crippen molar-refractivity contribution in [2.75, 3.05) is 17.2 Å². The van der Waals surface area contributed by atoms with E-state index in [9.17, 15) is 17.1 Å². The number of imidazole rings is 1. The highest BCUT2D eigenvalue weighted by atomic mass is 35.5. The van der Waals surface area contributed by atoms with E-state index >= 15 is 0 Å². The van der Waals surface area contributed by atoms with Crippen LogP contribution in [0.25, 0.3) is 11.2 Å². The number of nitrogens with zero attached hydrogens (tertiary/aromatic N) is 4. The molecule has 21 heavy (non-hydrogen) atoms. The van der Waals surface area contributed by atoms with Crippen molar-refractivity contribution in [1.82, 2.24) is 19.9 Å². The molecule has 1 fully saturated rings. The van der Waals surface area contributed by atoms with Crippen molar-refractivity contribution in [2.24, 2.45) is 5.92 Å². The molecule has 3 heterocycles. The Balaban J connectivity index is 1.90. The maximum atomic E-state index is 12.7. The third-order valence-electron chi connectivity index (χ3n) is 3.11. The number of aromatic nitrogens is 4. The smallest absolute Gasteiger partial charge is 0.302 e. The minimum atomic E-state index is -4.63. The summed E-state index contributed by atoms with van der Waals surface area (Å²) in [6.45, 7) is 0.0221. The van der Waals surface area contributed by atoms with E-state index in [1.165, 1.54) is 11.2 Å². The van der Waals surface area contributed by atoms with Crippen LogP contribution in [0.5, 0.6) is 0 Å². The first-order valence-electron chi connectivity index (χ1n) is 5.93. The van der Waals surface area contributed by atoms with Gasteiger partial charge in [-0.05, 0) is 0 Å². The van der Waals surface area contributed by atoms with Gasteiger partial charge in [-0.25, -0.2) is 4.98 Å². The summed E-state index contributed by atoms with van der Waals surface area (Å²) in [6.07, 6.45) is 1.31. The Labute approximate surface area is 123 Å². The van der Waals surface area contributed by atoms with E-state index in [1.54, 1.807) is 0 Å². The van der Waals surface area contributed by atoms with Crippen LogP contribution in [-0.2, 0) is 15.0 Å². The van der Waals surface area contributed by atoms with Gasteiger partial charge in [0.15, 0.2) is 10.8 Å². The van der Waals surface area contributed by atoms with E-state index in [4.69, 9.17) is 11.6 Å². The van der Waals surface area contributed by atoms with Crippen LogP contribution in [-0.4, -0.2) is 46.6 Å². The normalized spacial score (nSPS) is 19.6. The van der Waals surface area contributed by atoms with E-state index in [1.807, 2.05) is 0 Å². The Morgan fingerprint density at radius 1 is 1.48 bits per heavy atom. The van der Waals surface area contributed by atoms with Crippen molar-refractivity contribution in [1.29, 1.82) is 0 Å². The largest absolute Gasteiger partial charge is 0.341 e. The minimum Gasteiger partial charge on any atom is -0.341 e. The maximum Gasteiger partial charge on any atom is 0.302 e. The molecule has 1 aliphatic rings. The Morgan fingerprint density at radius 2 is 2.24 bits per heavy atom. The number of nitrogens with one attached hydrogen (secondary N) is 1. The van der Waals surface area contributed by atoms with Crippen LogP contribution >= 0.6 is 11.6 Å². The van der Waals surface area contributed by atoms with E-state index in [-0.39, 0.29) is 30.0 Å². The predicted molar refractivity (Wildman–Crippen MR) is 72.0 cm³/mol. The highest BCUT2D eigenvalue weighted by Crippen LogP contribution is 2.26. The fourth-order valence-corrected chi connectivity index (χ4v) is 3.28. The molecule has 1 aliphatic heterocycles. The van der Waals surface area contributed by atoms with Gasteiger partial charge in [-0.3, -0.25) is 9.69 Å². The van der Waals surface area contributed by atoms with Gasteiger partial charge in [0.25, 0.3) is 0 Å². The van der Waals surface area contributed by atoms with Gasteiger partial charge < -0.3 is 4.98 Å². The monoisotopic (exact) mass is 333 g/mol. The number of anilines is 1. The first-order valence-corrected chi connectivity index (χ1v) is 7.86. The van der Waals surface area contributed by atoms with Gasteiger partial charge in [0.2, 0.25) is 11.9 Å². The second-order valence-corrected chi connectivity index (χ2v) is 6.46. The summed E-state index contributed by atoms with van der Waals surface area (Å²) in [7, 11) is -4.63. The predicted octanol–water partition coefficient (Wildman–Crippen LogP) is 0.659. The van der Waals surface area contributed by atoms with Crippen molar-refractivity contribution < 1.29 is 17.1 Å². The van der Waals surface area contributed by atoms with Gasteiger partial charge in [0.05, 0.1) is 12.1 Å². The number of carbonyl (C=O) groups excluding carboxylic acids is 1. The van der Waals surface area contributed by atoms with Crippen LogP contribution in [0.4, 0.5) is 9.83 Å². The highest BCUT2D eigenvalue weighted by Gasteiger charge is 2.35. The maximum absolute atomic E-state index is 12.7. The van der Waals surface area contributed by atoms with Crippen LogP contribution in [0, 0.1) is 5.92 Å². The van der Waals surface area contributed by atoms with Gasteiger partial charge in [-0.15, -0.1) is 3.89 Å². The second kappa shape index (κ2) is 4.88. The van der Waals surface area contributed by atoms with Crippen LogP contribution in [0.3, 0.4) is 0 Å². The van der Waals surface area contributed by atoms with Crippen LogP contribution in [0.2, 0.25) is 5.15 Å².